The number of hydrogen-bond acceptors (Lipinski definition) is 3. The van der Waals surface area contributed by atoms with E-state index < -0.39 is 5.54 Å². The van der Waals surface area contributed by atoms with Crippen LogP contribution in [0.3, 0.4) is 0 Å². The number of hydrogen-bond donors (Lipinski definition) is 2. The van der Waals surface area contributed by atoms with E-state index in [2.05, 4.69) is 46.7 Å². The first-order valence-electron chi connectivity index (χ1n) is 6.96. The van der Waals surface area contributed by atoms with Gasteiger partial charge in [-0.05, 0) is 41.2 Å². The van der Waals surface area contributed by atoms with E-state index in [1.54, 1.807) is 6.92 Å². The highest BCUT2D eigenvalue weighted by molar-refractivity contribution is 6.07. The van der Waals surface area contributed by atoms with Crippen molar-refractivity contribution in [1.82, 2.24) is 5.32 Å². The van der Waals surface area contributed by atoms with Crippen molar-refractivity contribution in [3.05, 3.63) is 59.2 Å². The fourth-order valence-electron chi connectivity index (χ4n) is 3.20. The zero-order valence-electron chi connectivity index (χ0n) is 11.7. The van der Waals surface area contributed by atoms with E-state index in [-0.39, 0.29) is 11.9 Å². The summed E-state index contributed by atoms with van der Waals surface area (Å²) < 4.78 is 0. The number of aliphatic imine (C=N–C) groups is 1. The van der Waals surface area contributed by atoms with Crippen LogP contribution in [0, 0.1) is 0 Å². The summed E-state index contributed by atoms with van der Waals surface area (Å²) in [6, 6.07) is 14.5. The maximum atomic E-state index is 12.1. The molecule has 1 amide bonds. The Morgan fingerprint density at radius 1 is 1.14 bits per heavy atom. The molecular formula is C17H15N3O. The quantitative estimate of drug-likeness (QED) is 0.713. The molecule has 0 spiro atoms. The van der Waals surface area contributed by atoms with Crippen LogP contribution in [-0.4, -0.2) is 11.9 Å². The van der Waals surface area contributed by atoms with Gasteiger partial charge in [-0.15, -0.1) is 0 Å². The number of nitrogens with one attached hydrogen (secondary N) is 1. The monoisotopic (exact) mass is 277 g/mol. The van der Waals surface area contributed by atoms with Crippen molar-refractivity contribution in [3.8, 4) is 11.1 Å². The average molecular weight is 277 g/mol. The molecule has 1 aliphatic carbocycles. The molecule has 104 valence electrons. The van der Waals surface area contributed by atoms with Gasteiger partial charge in [-0.2, -0.15) is 0 Å². The fourth-order valence-corrected chi connectivity index (χ4v) is 3.20. The normalized spacial score (nSPS) is 22.5. The maximum absolute atomic E-state index is 12.1. The predicted octanol–water partition coefficient (Wildman–Crippen LogP) is 1.92. The molecule has 2 aromatic carbocycles. The Bertz CT molecular complexity index is 809. The molecule has 2 aliphatic rings. The number of rotatable bonds is 1. The highest BCUT2D eigenvalue weighted by atomic mass is 16.2. The maximum Gasteiger partial charge on any atom is 0.259 e. The average Bonchev–Trinajstić information content (AvgIpc) is 2.96. The zero-order valence-corrected chi connectivity index (χ0v) is 11.7. The summed E-state index contributed by atoms with van der Waals surface area (Å²) >= 11 is 0. The van der Waals surface area contributed by atoms with E-state index in [0.29, 0.717) is 0 Å². The van der Waals surface area contributed by atoms with E-state index in [0.717, 1.165) is 12.0 Å². The van der Waals surface area contributed by atoms with E-state index in [1.807, 2.05) is 6.07 Å². The molecule has 4 nitrogen and oxygen atoms in total. The first-order valence-corrected chi connectivity index (χ1v) is 6.96. The van der Waals surface area contributed by atoms with Gasteiger partial charge in [0.05, 0.1) is 0 Å². The van der Waals surface area contributed by atoms with E-state index >= 15 is 0 Å². The van der Waals surface area contributed by atoms with Crippen molar-refractivity contribution in [2.75, 3.05) is 0 Å². The second-order valence-corrected chi connectivity index (χ2v) is 5.73. The minimum atomic E-state index is -0.923. The molecule has 1 aliphatic heterocycles. The Labute approximate surface area is 122 Å². The van der Waals surface area contributed by atoms with Gasteiger partial charge in [0.1, 0.15) is 0 Å². The number of fused-ring (bicyclic) bond motifs is 3. The third kappa shape index (κ3) is 1.62. The molecular weight excluding hydrogens is 262 g/mol. The Hall–Kier alpha value is -2.62. The first kappa shape index (κ1) is 12.1. The van der Waals surface area contributed by atoms with E-state index in [1.165, 1.54) is 22.3 Å². The van der Waals surface area contributed by atoms with Crippen LogP contribution in [-0.2, 0) is 16.8 Å². The molecule has 3 N–H and O–H groups in total. The van der Waals surface area contributed by atoms with Crippen molar-refractivity contribution in [2.45, 2.75) is 18.9 Å². The van der Waals surface area contributed by atoms with Crippen LogP contribution in [0.5, 0.6) is 0 Å². The van der Waals surface area contributed by atoms with E-state index in [4.69, 9.17) is 5.73 Å². The molecule has 1 atom stereocenters. The molecule has 21 heavy (non-hydrogen) atoms. The molecule has 0 bridgehead atoms. The molecule has 4 heteroatoms. The van der Waals surface area contributed by atoms with Gasteiger partial charge in [-0.25, -0.2) is 4.99 Å². The van der Waals surface area contributed by atoms with Crippen LogP contribution in [0.1, 0.15) is 23.6 Å². The van der Waals surface area contributed by atoms with Gasteiger partial charge >= 0.3 is 0 Å². The smallest absolute Gasteiger partial charge is 0.259 e. The second-order valence-electron chi connectivity index (χ2n) is 5.73. The van der Waals surface area contributed by atoms with Crippen LogP contribution >= 0.6 is 0 Å². The van der Waals surface area contributed by atoms with Crippen molar-refractivity contribution in [1.29, 1.82) is 0 Å². The lowest BCUT2D eigenvalue weighted by Crippen LogP contribution is -2.37. The zero-order chi connectivity index (χ0) is 14.6. The lowest BCUT2D eigenvalue weighted by atomic mass is 9.90. The Kier molecular flexibility index (Phi) is 2.28. The number of guanidine groups is 1. The molecule has 0 saturated carbocycles. The van der Waals surface area contributed by atoms with Gasteiger partial charge in [-0.3, -0.25) is 10.1 Å². The SMILES string of the molecule is CC1(c2ccc3c(c2)Cc2ccccc2-3)N=C(N)NC1=O. The summed E-state index contributed by atoms with van der Waals surface area (Å²) in [5, 5.41) is 2.58. The third-order valence-corrected chi connectivity index (χ3v) is 4.38. The topological polar surface area (TPSA) is 67.5 Å². The predicted molar refractivity (Wildman–Crippen MR) is 81.8 cm³/mol. The lowest BCUT2D eigenvalue weighted by Gasteiger charge is -2.19. The van der Waals surface area contributed by atoms with Crippen LogP contribution < -0.4 is 11.1 Å². The molecule has 0 saturated heterocycles. The molecule has 0 fully saturated rings. The lowest BCUT2D eigenvalue weighted by molar-refractivity contribution is -0.123. The highest BCUT2D eigenvalue weighted by Gasteiger charge is 2.40. The summed E-state index contributed by atoms with van der Waals surface area (Å²) in [4.78, 5) is 16.4. The van der Waals surface area contributed by atoms with Crippen molar-refractivity contribution in [3.63, 3.8) is 0 Å². The highest BCUT2D eigenvalue weighted by Crippen LogP contribution is 2.39. The molecule has 1 heterocycles. The van der Waals surface area contributed by atoms with Crippen molar-refractivity contribution >= 4 is 11.9 Å². The van der Waals surface area contributed by atoms with Crippen LogP contribution in [0.25, 0.3) is 11.1 Å². The Morgan fingerprint density at radius 2 is 1.90 bits per heavy atom. The summed E-state index contributed by atoms with van der Waals surface area (Å²) in [5.74, 6) is 0.0155. The fraction of sp³-hybridized carbons (Fsp3) is 0.176. The Morgan fingerprint density at radius 3 is 2.67 bits per heavy atom. The molecule has 0 aromatic heterocycles. The van der Waals surface area contributed by atoms with Gasteiger partial charge < -0.3 is 5.73 Å². The number of nitrogens with zero attached hydrogens (tertiary/aromatic N) is 1. The molecule has 4 rings (SSSR count). The van der Waals surface area contributed by atoms with Gasteiger partial charge in [0.2, 0.25) is 0 Å². The van der Waals surface area contributed by atoms with Crippen molar-refractivity contribution in [2.24, 2.45) is 10.7 Å². The van der Waals surface area contributed by atoms with Crippen LogP contribution in [0.15, 0.2) is 47.5 Å². The number of nitrogens with two attached hydrogens (primary N) is 1. The van der Waals surface area contributed by atoms with Gasteiger partial charge in [0, 0.05) is 0 Å². The van der Waals surface area contributed by atoms with Gasteiger partial charge in [0.25, 0.3) is 5.91 Å². The Balaban J connectivity index is 1.83. The summed E-state index contributed by atoms with van der Waals surface area (Å²) in [6.07, 6.45) is 0.899. The van der Waals surface area contributed by atoms with Crippen molar-refractivity contribution < 1.29 is 4.79 Å². The van der Waals surface area contributed by atoms with Gasteiger partial charge in [-0.1, -0.05) is 42.5 Å². The molecule has 1 unspecified atom stereocenters. The molecule has 0 radical (unpaired) electrons. The second kappa shape index (κ2) is 3.95. The first-order chi connectivity index (χ1) is 10.1. The number of benzene rings is 2. The number of carbonyl (C=O) groups excluding carboxylic acids is 1. The number of carbonyl (C=O) groups is 1. The standard InChI is InChI=1S/C17H15N3O/c1-17(15(21)19-16(18)20-17)12-6-7-14-11(9-12)8-10-4-2-3-5-13(10)14/h2-7,9H,8H2,1H3,(H3,18,19,20,21). The minimum Gasteiger partial charge on any atom is -0.370 e. The summed E-state index contributed by atoms with van der Waals surface area (Å²) in [5.41, 5.74) is 10.7. The van der Waals surface area contributed by atoms with Crippen LogP contribution in [0.4, 0.5) is 0 Å². The summed E-state index contributed by atoms with van der Waals surface area (Å²) in [7, 11) is 0. The van der Waals surface area contributed by atoms with E-state index in [9.17, 15) is 4.79 Å². The minimum absolute atomic E-state index is 0.171. The molecule has 2 aromatic rings. The summed E-state index contributed by atoms with van der Waals surface area (Å²) in [6.45, 7) is 1.80. The van der Waals surface area contributed by atoms with Crippen LogP contribution in [0.2, 0.25) is 0 Å². The largest absolute Gasteiger partial charge is 0.370 e. The van der Waals surface area contributed by atoms with Gasteiger partial charge in [0.15, 0.2) is 11.5 Å². The number of amides is 1. The third-order valence-electron chi connectivity index (χ3n) is 4.38.